The van der Waals surface area contributed by atoms with Crippen LogP contribution in [0.1, 0.15) is 63.4 Å². The Morgan fingerprint density at radius 2 is 2.19 bits per heavy atom. The van der Waals surface area contributed by atoms with Gasteiger partial charge in [0.25, 0.3) is 0 Å². The van der Waals surface area contributed by atoms with Crippen LogP contribution in [0.15, 0.2) is 28.2 Å². The Morgan fingerprint density at radius 3 is 2.78 bits per heavy atom. The molecule has 8 heteroatoms. The van der Waals surface area contributed by atoms with Gasteiger partial charge in [-0.1, -0.05) is 24.9 Å². The van der Waals surface area contributed by atoms with E-state index in [1.807, 2.05) is 17.7 Å². The number of hydrogen-bond donors (Lipinski definition) is 0. The molecule has 1 fully saturated rings. The average molecular weight is 395 g/mol. The number of rotatable bonds is 10. The summed E-state index contributed by atoms with van der Waals surface area (Å²) < 4.78 is 32.7. The van der Waals surface area contributed by atoms with Gasteiger partial charge in [0.05, 0.1) is 23.7 Å². The normalized spacial score (nSPS) is 16.6. The zero-order valence-electron chi connectivity index (χ0n) is 16.5. The molecule has 0 saturated heterocycles. The highest BCUT2D eigenvalue weighted by Crippen LogP contribution is 2.30. The number of aromatic nitrogens is 3. The highest BCUT2D eigenvalue weighted by atomic mass is 32.2. The van der Waals surface area contributed by atoms with Gasteiger partial charge in [-0.2, -0.15) is 0 Å². The molecule has 3 rings (SSSR count). The van der Waals surface area contributed by atoms with Crippen LogP contribution >= 0.6 is 0 Å². The van der Waals surface area contributed by atoms with Gasteiger partial charge in [-0.15, -0.1) is 0 Å². The monoisotopic (exact) mass is 394 g/mol. The van der Waals surface area contributed by atoms with Gasteiger partial charge in [-0.3, -0.25) is 4.90 Å². The van der Waals surface area contributed by atoms with Crippen molar-refractivity contribution in [3.63, 3.8) is 0 Å². The van der Waals surface area contributed by atoms with Crippen molar-refractivity contribution >= 4 is 9.84 Å². The van der Waals surface area contributed by atoms with Crippen LogP contribution in [0.5, 0.6) is 0 Å². The minimum Gasteiger partial charge on any atom is -0.364 e. The van der Waals surface area contributed by atoms with E-state index in [1.165, 1.54) is 0 Å². The van der Waals surface area contributed by atoms with E-state index in [-0.39, 0.29) is 17.0 Å². The van der Waals surface area contributed by atoms with Crippen LogP contribution in [0.3, 0.4) is 0 Å². The molecule has 7 nitrogen and oxygen atoms in total. The van der Waals surface area contributed by atoms with Crippen molar-refractivity contribution in [2.75, 3.05) is 12.8 Å². The second kappa shape index (κ2) is 8.56. The van der Waals surface area contributed by atoms with Crippen LogP contribution in [0.2, 0.25) is 0 Å². The van der Waals surface area contributed by atoms with Gasteiger partial charge in [-0.05, 0) is 39.2 Å². The summed E-state index contributed by atoms with van der Waals surface area (Å²) in [6, 6.07) is 1.91. The average Bonchev–Trinajstić information content (AvgIpc) is 3.26. The van der Waals surface area contributed by atoms with Gasteiger partial charge in [0, 0.05) is 19.2 Å². The third-order valence-corrected chi connectivity index (χ3v) is 7.35. The lowest BCUT2D eigenvalue weighted by Gasteiger charge is -2.25. The van der Waals surface area contributed by atoms with Crippen molar-refractivity contribution in [1.82, 2.24) is 19.6 Å². The fourth-order valence-electron chi connectivity index (χ4n) is 3.42. The van der Waals surface area contributed by atoms with Crippen molar-refractivity contribution in [3.8, 4) is 0 Å². The molecule has 2 aromatic rings. The highest BCUT2D eigenvalue weighted by molar-refractivity contribution is 7.91. The number of imidazole rings is 1. The van der Waals surface area contributed by atoms with Crippen LogP contribution in [-0.4, -0.2) is 40.8 Å². The molecule has 0 spiro atoms. The second-order valence-corrected chi connectivity index (χ2v) is 9.56. The van der Waals surface area contributed by atoms with Crippen molar-refractivity contribution in [1.29, 1.82) is 0 Å². The predicted molar refractivity (Wildman–Crippen MR) is 103 cm³/mol. The molecule has 0 N–H and O–H groups in total. The molecule has 0 bridgehead atoms. The van der Waals surface area contributed by atoms with Crippen molar-refractivity contribution in [2.45, 2.75) is 70.2 Å². The molecular formula is C19H30N4O3S. The summed E-state index contributed by atoms with van der Waals surface area (Å²) in [5.41, 5.74) is 1.78. The van der Waals surface area contributed by atoms with E-state index in [0.717, 1.165) is 43.5 Å². The fraction of sp³-hybridized carbons (Fsp3) is 0.684. The van der Waals surface area contributed by atoms with E-state index in [0.29, 0.717) is 19.0 Å². The SMILES string of the molecule is CCCCn1c(CN(C)C(C)c2ccon2)cnc1S(=O)(=O)CC1CCC1. The minimum absolute atomic E-state index is 0.0632. The molecule has 0 radical (unpaired) electrons. The maximum absolute atomic E-state index is 12.9. The first-order valence-corrected chi connectivity index (χ1v) is 11.4. The summed E-state index contributed by atoms with van der Waals surface area (Å²) in [5, 5.41) is 4.25. The molecule has 2 heterocycles. The lowest BCUT2D eigenvalue weighted by molar-refractivity contribution is 0.234. The van der Waals surface area contributed by atoms with Gasteiger partial charge < -0.3 is 9.09 Å². The number of nitrogens with zero attached hydrogens (tertiary/aromatic N) is 4. The molecule has 0 amide bonds. The van der Waals surface area contributed by atoms with Crippen LogP contribution in [0.25, 0.3) is 0 Å². The van der Waals surface area contributed by atoms with E-state index in [4.69, 9.17) is 4.52 Å². The van der Waals surface area contributed by atoms with Crippen LogP contribution in [0.4, 0.5) is 0 Å². The highest BCUT2D eigenvalue weighted by Gasteiger charge is 2.30. The van der Waals surface area contributed by atoms with Gasteiger partial charge in [0.2, 0.25) is 15.0 Å². The third-order valence-electron chi connectivity index (χ3n) is 5.55. The van der Waals surface area contributed by atoms with Crippen molar-refractivity contribution in [2.24, 2.45) is 5.92 Å². The van der Waals surface area contributed by atoms with E-state index in [2.05, 4.69) is 28.9 Å². The van der Waals surface area contributed by atoms with E-state index >= 15 is 0 Å². The summed E-state index contributed by atoms with van der Waals surface area (Å²) in [6.07, 6.45) is 8.38. The zero-order valence-corrected chi connectivity index (χ0v) is 17.3. The van der Waals surface area contributed by atoms with Crippen LogP contribution < -0.4 is 0 Å². The Labute approximate surface area is 161 Å². The fourth-order valence-corrected chi connectivity index (χ4v) is 5.28. The van der Waals surface area contributed by atoms with Gasteiger partial charge >= 0.3 is 0 Å². The number of sulfone groups is 1. The summed E-state index contributed by atoms with van der Waals surface area (Å²) in [4.78, 5) is 6.47. The molecule has 1 atom stereocenters. The Hall–Kier alpha value is -1.67. The van der Waals surface area contributed by atoms with Crippen molar-refractivity contribution in [3.05, 3.63) is 29.9 Å². The summed E-state index contributed by atoms with van der Waals surface area (Å²) in [7, 11) is -1.35. The van der Waals surface area contributed by atoms with Crippen molar-refractivity contribution < 1.29 is 12.9 Å². The van der Waals surface area contributed by atoms with Gasteiger partial charge in [-0.25, -0.2) is 13.4 Å². The largest absolute Gasteiger partial charge is 0.364 e. The van der Waals surface area contributed by atoms with Gasteiger partial charge in [0.15, 0.2) is 0 Å². The predicted octanol–water partition coefficient (Wildman–Crippen LogP) is 3.44. The Bertz CT molecular complexity index is 825. The lowest BCUT2D eigenvalue weighted by Crippen LogP contribution is -2.26. The first kappa shape index (κ1) is 20.1. The molecule has 27 heavy (non-hydrogen) atoms. The molecule has 150 valence electrons. The molecule has 1 unspecified atom stereocenters. The standard InChI is InChI=1S/C19H30N4O3S/c1-4-5-10-23-17(13-22(3)15(2)18-9-11-26-21-18)12-20-19(23)27(24,25)14-16-7-6-8-16/h9,11-12,15-16H,4-8,10,13-14H2,1-3H3. The first-order valence-electron chi connectivity index (χ1n) is 9.80. The van der Waals surface area contributed by atoms with Gasteiger partial charge in [0.1, 0.15) is 12.0 Å². The summed E-state index contributed by atoms with van der Waals surface area (Å²) in [5.74, 6) is 0.519. The minimum atomic E-state index is -3.35. The van der Waals surface area contributed by atoms with E-state index in [1.54, 1.807) is 12.5 Å². The number of hydrogen-bond acceptors (Lipinski definition) is 6. The Kier molecular flexibility index (Phi) is 6.37. The Balaban J connectivity index is 1.81. The lowest BCUT2D eigenvalue weighted by atomic mass is 9.87. The van der Waals surface area contributed by atoms with Crippen LogP contribution in [-0.2, 0) is 22.9 Å². The molecule has 1 aliphatic rings. The number of unbranched alkanes of at least 4 members (excludes halogenated alkanes) is 1. The molecule has 2 aromatic heterocycles. The quantitative estimate of drug-likeness (QED) is 0.614. The first-order chi connectivity index (χ1) is 12.9. The summed E-state index contributed by atoms with van der Waals surface area (Å²) >= 11 is 0. The molecule has 1 saturated carbocycles. The van der Waals surface area contributed by atoms with E-state index in [9.17, 15) is 8.42 Å². The maximum atomic E-state index is 12.9. The second-order valence-electron chi connectivity index (χ2n) is 7.63. The molecular weight excluding hydrogens is 364 g/mol. The maximum Gasteiger partial charge on any atom is 0.227 e. The van der Waals surface area contributed by atoms with Crippen LogP contribution in [0, 0.1) is 5.92 Å². The smallest absolute Gasteiger partial charge is 0.227 e. The third kappa shape index (κ3) is 4.60. The van der Waals surface area contributed by atoms with E-state index < -0.39 is 9.84 Å². The summed E-state index contributed by atoms with van der Waals surface area (Å²) in [6.45, 7) is 5.44. The Morgan fingerprint density at radius 1 is 1.41 bits per heavy atom. The molecule has 1 aliphatic carbocycles. The zero-order chi connectivity index (χ0) is 19.4. The molecule has 0 aliphatic heterocycles. The molecule has 0 aromatic carbocycles. The topological polar surface area (TPSA) is 81.2 Å².